The maximum absolute atomic E-state index is 13.5. The van der Waals surface area contributed by atoms with Gasteiger partial charge in [0.15, 0.2) is 0 Å². The summed E-state index contributed by atoms with van der Waals surface area (Å²) in [4.78, 5) is 44.9. The van der Waals surface area contributed by atoms with E-state index in [0.717, 1.165) is 12.0 Å². The number of carbonyl (C=O) groups excluding carboxylic acids is 3. The first kappa shape index (κ1) is 25.2. The van der Waals surface area contributed by atoms with Crippen LogP contribution in [-0.2, 0) is 20.9 Å². The van der Waals surface area contributed by atoms with Crippen LogP contribution in [0.5, 0.6) is 0 Å². The molecule has 2 fully saturated rings. The number of amides is 3. The first-order valence-electron chi connectivity index (χ1n) is 11.5. The molecule has 3 atom stereocenters. The number of nitrogens with one attached hydrogen (secondary N) is 1. The van der Waals surface area contributed by atoms with Crippen LogP contribution in [0.2, 0.25) is 0 Å². The molecule has 1 N–H and O–H groups in total. The summed E-state index contributed by atoms with van der Waals surface area (Å²) in [6.45, 7) is 5.77. The van der Waals surface area contributed by atoms with Gasteiger partial charge in [-0.15, -0.1) is 0 Å². The van der Waals surface area contributed by atoms with Crippen LogP contribution in [0.4, 0.5) is 9.59 Å². The molecule has 0 saturated carbocycles. The lowest BCUT2D eigenvalue weighted by Crippen LogP contribution is -2.60. The lowest BCUT2D eigenvalue weighted by Gasteiger charge is -2.38. The topological polar surface area (TPSA) is 137 Å². The largest absolute Gasteiger partial charge is 0.445 e. The molecule has 0 aliphatic carbocycles. The third-order valence-electron chi connectivity index (χ3n) is 5.82. The minimum Gasteiger partial charge on any atom is -0.445 e. The van der Waals surface area contributed by atoms with Gasteiger partial charge in [-0.3, -0.25) is 4.79 Å². The molecule has 2 aliphatic heterocycles. The Bertz CT molecular complexity index is 928. The van der Waals surface area contributed by atoms with E-state index < -0.39 is 23.8 Å². The molecule has 3 amide bonds. The third-order valence-corrected chi connectivity index (χ3v) is 5.82. The van der Waals surface area contributed by atoms with E-state index >= 15 is 0 Å². The molecule has 0 aromatic heterocycles. The van der Waals surface area contributed by atoms with Crippen LogP contribution in [0.25, 0.3) is 10.4 Å². The molecule has 2 aliphatic rings. The van der Waals surface area contributed by atoms with Gasteiger partial charge in [0.05, 0.1) is 6.54 Å². The maximum atomic E-state index is 13.5. The monoisotopic (exact) mass is 472 g/mol. The fraction of sp³-hybridized carbons (Fsp3) is 0.609. The van der Waals surface area contributed by atoms with Gasteiger partial charge >= 0.3 is 12.2 Å². The van der Waals surface area contributed by atoms with Gasteiger partial charge in [-0.2, -0.15) is 0 Å². The van der Waals surface area contributed by atoms with Gasteiger partial charge in [-0.25, -0.2) is 9.59 Å². The molecule has 0 unspecified atom stereocenters. The van der Waals surface area contributed by atoms with Crippen LogP contribution >= 0.6 is 0 Å². The predicted octanol–water partition coefficient (Wildman–Crippen LogP) is 3.59. The summed E-state index contributed by atoms with van der Waals surface area (Å²) in [5.41, 5.74) is 8.83. The molecule has 2 saturated heterocycles. The van der Waals surface area contributed by atoms with Crippen molar-refractivity contribution in [3.8, 4) is 0 Å². The predicted molar refractivity (Wildman–Crippen MR) is 124 cm³/mol. The first-order valence-corrected chi connectivity index (χ1v) is 11.5. The molecule has 2 heterocycles. The van der Waals surface area contributed by atoms with Crippen LogP contribution < -0.4 is 5.32 Å². The molecule has 184 valence electrons. The molecule has 34 heavy (non-hydrogen) atoms. The Morgan fingerprint density at radius 2 is 1.94 bits per heavy atom. The zero-order valence-corrected chi connectivity index (χ0v) is 19.8. The third kappa shape index (κ3) is 6.77. The first-order chi connectivity index (χ1) is 16.2. The van der Waals surface area contributed by atoms with Crippen molar-refractivity contribution in [2.24, 2.45) is 5.11 Å². The van der Waals surface area contributed by atoms with Crippen LogP contribution in [0.1, 0.15) is 45.6 Å². The number of ether oxygens (including phenoxy) is 2. The average Bonchev–Trinajstić information content (AvgIpc) is 3.18. The van der Waals surface area contributed by atoms with Crippen molar-refractivity contribution in [1.82, 2.24) is 15.1 Å². The number of azide groups is 1. The van der Waals surface area contributed by atoms with Gasteiger partial charge in [-0.05, 0) is 51.1 Å². The highest BCUT2D eigenvalue weighted by atomic mass is 16.6. The van der Waals surface area contributed by atoms with Crippen molar-refractivity contribution in [2.75, 3.05) is 19.6 Å². The lowest BCUT2D eigenvalue weighted by molar-refractivity contribution is -0.137. The summed E-state index contributed by atoms with van der Waals surface area (Å²) in [7, 11) is 0. The number of hydrogen-bond acceptors (Lipinski definition) is 6. The van der Waals surface area contributed by atoms with Gasteiger partial charge in [0.1, 0.15) is 18.2 Å². The Balaban J connectivity index is 1.77. The summed E-state index contributed by atoms with van der Waals surface area (Å²) in [5.74, 6) is -0.327. The summed E-state index contributed by atoms with van der Waals surface area (Å²) in [6.07, 6.45) is 0.685. The number of benzene rings is 1. The molecule has 1 aromatic rings. The molecular weight excluding hydrogens is 440 g/mol. The minimum atomic E-state index is -1.02. The standard InChI is InChI=1S/C23H32N6O5/c1-23(2,3)34-21(31)26-19-14-28(22(32)33-15-16-7-5-4-6-8-16)12-11-17-9-10-18(13-25-27-24)29(17)20(19)30/h4-8,17-19H,9-15H2,1-3H3,(H,26,31)/t17-,18+,19+/m1/s1. The second-order valence-electron chi connectivity index (χ2n) is 9.52. The van der Waals surface area contributed by atoms with E-state index in [1.807, 2.05) is 30.3 Å². The van der Waals surface area contributed by atoms with Gasteiger partial charge in [0, 0.05) is 30.1 Å². The Labute approximate surface area is 199 Å². The molecule has 11 heteroatoms. The molecule has 1 aromatic carbocycles. The number of carbonyl (C=O) groups is 3. The number of fused-ring (bicyclic) bond motifs is 1. The number of alkyl carbamates (subject to hydrolysis) is 1. The van der Waals surface area contributed by atoms with E-state index in [1.165, 1.54) is 4.90 Å². The van der Waals surface area contributed by atoms with Crippen molar-refractivity contribution in [3.63, 3.8) is 0 Å². The van der Waals surface area contributed by atoms with Gasteiger partial charge in [-0.1, -0.05) is 35.4 Å². The Kier molecular flexibility index (Phi) is 8.22. The highest BCUT2D eigenvalue weighted by molar-refractivity contribution is 5.87. The van der Waals surface area contributed by atoms with E-state index in [0.29, 0.717) is 19.4 Å². The Morgan fingerprint density at radius 3 is 2.62 bits per heavy atom. The zero-order chi connectivity index (χ0) is 24.7. The quantitative estimate of drug-likeness (QED) is 0.397. The van der Waals surface area contributed by atoms with Gasteiger partial charge in [0.2, 0.25) is 5.91 Å². The van der Waals surface area contributed by atoms with Crippen LogP contribution in [-0.4, -0.2) is 71.3 Å². The Hall–Kier alpha value is -3.46. The molecule has 0 spiro atoms. The highest BCUT2D eigenvalue weighted by Gasteiger charge is 2.43. The van der Waals surface area contributed by atoms with Gasteiger partial charge in [0.25, 0.3) is 0 Å². The van der Waals surface area contributed by atoms with Crippen LogP contribution in [0.15, 0.2) is 35.4 Å². The fourth-order valence-corrected chi connectivity index (χ4v) is 4.32. The van der Waals surface area contributed by atoms with Crippen molar-refractivity contribution in [3.05, 3.63) is 46.3 Å². The summed E-state index contributed by atoms with van der Waals surface area (Å²) < 4.78 is 10.8. The minimum absolute atomic E-state index is 0.0524. The molecule has 3 rings (SSSR count). The van der Waals surface area contributed by atoms with Crippen molar-refractivity contribution in [2.45, 2.75) is 70.4 Å². The van der Waals surface area contributed by atoms with E-state index in [-0.39, 0.29) is 37.7 Å². The van der Waals surface area contributed by atoms with E-state index in [9.17, 15) is 14.4 Å². The second kappa shape index (κ2) is 11.1. The normalized spacial score (nSPS) is 22.7. The highest BCUT2D eigenvalue weighted by Crippen LogP contribution is 2.29. The SMILES string of the molecule is CC(C)(C)OC(=O)N[C@H]1CN(C(=O)OCc2ccccc2)CC[C@H]2CC[C@@H](CN=[N+]=[N-])N2C1=O. The second-order valence-corrected chi connectivity index (χ2v) is 9.52. The number of nitrogens with zero attached hydrogens (tertiary/aromatic N) is 5. The lowest BCUT2D eigenvalue weighted by atomic mass is 10.1. The van der Waals surface area contributed by atoms with E-state index in [1.54, 1.807) is 25.7 Å². The maximum Gasteiger partial charge on any atom is 0.410 e. The van der Waals surface area contributed by atoms with Crippen LogP contribution in [0, 0.1) is 0 Å². The average molecular weight is 473 g/mol. The number of hydrogen-bond donors (Lipinski definition) is 1. The van der Waals surface area contributed by atoms with E-state index in [2.05, 4.69) is 15.3 Å². The van der Waals surface area contributed by atoms with Crippen molar-refractivity contribution < 1.29 is 23.9 Å². The smallest absolute Gasteiger partial charge is 0.410 e. The summed E-state index contributed by atoms with van der Waals surface area (Å²) in [5, 5.41) is 6.29. The number of rotatable bonds is 5. The van der Waals surface area contributed by atoms with Crippen LogP contribution in [0.3, 0.4) is 0 Å². The van der Waals surface area contributed by atoms with Crippen molar-refractivity contribution in [1.29, 1.82) is 0 Å². The Morgan fingerprint density at radius 1 is 1.21 bits per heavy atom. The summed E-state index contributed by atoms with van der Waals surface area (Å²) >= 11 is 0. The molecule has 0 radical (unpaired) electrons. The molecular formula is C23H32N6O5. The molecule has 11 nitrogen and oxygen atoms in total. The van der Waals surface area contributed by atoms with Crippen molar-refractivity contribution >= 4 is 18.1 Å². The molecule has 0 bridgehead atoms. The van der Waals surface area contributed by atoms with E-state index in [4.69, 9.17) is 15.0 Å². The fourth-order valence-electron chi connectivity index (χ4n) is 4.32. The summed E-state index contributed by atoms with van der Waals surface area (Å²) in [6, 6.07) is 7.93. The van der Waals surface area contributed by atoms with Gasteiger partial charge < -0.3 is 24.6 Å². The zero-order valence-electron chi connectivity index (χ0n) is 19.8.